The van der Waals surface area contributed by atoms with Gasteiger partial charge >= 0.3 is 0 Å². The van der Waals surface area contributed by atoms with E-state index in [1.807, 2.05) is 19.1 Å². The van der Waals surface area contributed by atoms with Crippen molar-refractivity contribution in [1.82, 2.24) is 20.3 Å². The Labute approximate surface area is 110 Å². The first-order valence-corrected chi connectivity index (χ1v) is 6.05. The zero-order chi connectivity index (χ0) is 13.0. The molecular weight excluding hydrogens is 252 g/mol. The van der Waals surface area contributed by atoms with Gasteiger partial charge in [0.05, 0.1) is 11.9 Å². The number of halogens is 1. The Kier molecular flexibility index (Phi) is 3.94. The van der Waals surface area contributed by atoms with Gasteiger partial charge in [-0.1, -0.05) is 29.8 Å². The van der Waals surface area contributed by atoms with Crippen LogP contribution in [0.15, 0.2) is 30.5 Å². The molecule has 94 valence electrons. The number of hydrogen-bond acceptors (Lipinski definition) is 3. The quantitative estimate of drug-likeness (QED) is 0.920. The summed E-state index contributed by atoms with van der Waals surface area (Å²) in [5, 5.41) is 11.1. The maximum absolute atomic E-state index is 11.7. The number of amides is 1. The highest BCUT2D eigenvalue weighted by molar-refractivity contribution is 6.30. The molecule has 18 heavy (non-hydrogen) atoms. The lowest BCUT2D eigenvalue weighted by molar-refractivity contribution is 0.0948. The van der Waals surface area contributed by atoms with E-state index < -0.39 is 0 Å². The molecule has 0 aliphatic carbocycles. The smallest absolute Gasteiger partial charge is 0.273 e. The summed E-state index contributed by atoms with van der Waals surface area (Å²) in [6.45, 7) is 2.62. The molecule has 1 aromatic heterocycles. The maximum atomic E-state index is 11.7. The van der Waals surface area contributed by atoms with E-state index in [4.69, 9.17) is 11.6 Å². The first-order valence-electron chi connectivity index (χ1n) is 5.67. The van der Waals surface area contributed by atoms with Crippen molar-refractivity contribution in [3.8, 4) is 5.69 Å². The van der Waals surface area contributed by atoms with Gasteiger partial charge in [0.25, 0.3) is 5.91 Å². The molecule has 0 bridgehead atoms. The van der Waals surface area contributed by atoms with E-state index in [2.05, 4.69) is 15.6 Å². The predicted octanol–water partition coefficient (Wildman–Crippen LogP) is 2.06. The van der Waals surface area contributed by atoms with Crippen molar-refractivity contribution in [3.05, 3.63) is 41.2 Å². The molecule has 1 aromatic carbocycles. The van der Waals surface area contributed by atoms with Crippen molar-refractivity contribution >= 4 is 17.5 Å². The van der Waals surface area contributed by atoms with E-state index in [0.717, 1.165) is 12.1 Å². The topological polar surface area (TPSA) is 59.8 Å². The van der Waals surface area contributed by atoms with Gasteiger partial charge in [-0.25, -0.2) is 4.68 Å². The largest absolute Gasteiger partial charge is 0.351 e. The number of nitrogens with zero attached hydrogens (tertiary/aromatic N) is 3. The SMILES string of the molecule is CCCNC(=O)c1cn(-c2cccc(Cl)c2)nn1. The van der Waals surface area contributed by atoms with Gasteiger partial charge in [-0.15, -0.1) is 5.10 Å². The fraction of sp³-hybridized carbons (Fsp3) is 0.250. The zero-order valence-electron chi connectivity index (χ0n) is 9.93. The maximum Gasteiger partial charge on any atom is 0.273 e. The lowest BCUT2D eigenvalue weighted by Gasteiger charge is -2.00. The molecule has 0 aliphatic rings. The summed E-state index contributed by atoms with van der Waals surface area (Å²) >= 11 is 5.89. The average Bonchev–Trinajstić information content (AvgIpc) is 2.85. The molecular formula is C12H13ClN4O. The minimum absolute atomic E-state index is 0.217. The Morgan fingerprint density at radius 3 is 3.06 bits per heavy atom. The van der Waals surface area contributed by atoms with E-state index in [1.165, 1.54) is 4.68 Å². The summed E-state index contributed by atoms with van der Waals surface area (Å²) in [5.74, 6) is -0.217. The number of carbonyl (C=O) groups is 1. The third kappa shape index (κ3) is 2.87. The molecule has 1 heterocycles. The van der Waals surface area contributed by atoms with Gasteiger partial charge in [0, 0.05) is 11.6 Å². The van der Waals surface area contributed by atoms with Crippen molar-refractivity contribution in [2.45, 2.75) is 13.3 Å². The van der Waals surface area contributed by atoms with Crippen LogP contribution >= 0.6 is 11.6 Å². The first kappa shape index (κ1) is 12.6. The molecule has 2 aromatic rings. The van der Waals surface area contributed by atoms with E-state index >= 15 is 0 Å². The minimum Gasteiger partial charge on any atom is -0.351 e. The second-order valence-corrected chi connectivity index (χ2v) is 4.22. The van der Waals surface area contributed by atoms with Gasteiger partial charge in [0.15, 0.2) is 5.69 Å². The Morgan fingerprint density at radius 1 is 1.50 bits per heavy atom. The third-order valence-electron chi connectivity index (χ3n) is 2.33. The predicted molar refractivity (Wildman–Crippen MR) is 69.0 cm³/mol. The van der Waals surface area contributed by atoms with Crippen LogP contribution in [-0.4, -0.2) is 27.4 Å². The van der Waals surface area contributed by atoms with Gasteiger partial charge < -0.3 is 5.32 Å². The monoisotopic (exact) mass is 264 g/mol. The minimum atomic E-state index is -0.217. The van der Waals surface area contributed by atoms with Gasteiger partial charge in [0.2, 0.25) is 0 Å². The zero-order valence-corrected chi connectivity index (χ0v) is 10.7. The van der Waals surface area contributed by atoms with Crippen molar-refractivity contribution in [2.24, 2.45) is 0 Å². The third-order valence-corrected chi connectivity index (χ3v) is 2.57. The molecule has 0 saturated carbocycles. The summed E-state index contributed by atoms with van der Waals surface area (Å²) < 4.78 is 1.52. The lowest BCUT2D eigenvalue weighted by Crippen LogP contribution is -2.24. The summed E-state index contributed by atoms with van der Waals surface area (Å²) in [6, 6.07) is 7.19. The van der Waals surface area contributed by atoms with Crippen molar-refractivity contribution < 1.29 is 4.79 Å². The molecule has 2 rings (SSSR count). The van der Waals surface area contributed by atoms with E-state index in [-0.39, 0.29) is 5.91 Å². The van der Waals surface area contributed by atoms with E-state index in [1.54, 1.807) is 18.3 Å². The highest BCUT2D eigenvalue weighted by atomic mass is 35.5. The summed E-state index contributed by atoms with van der Waals surface area (Å²) in [6.07, 6.45) is 2.46. The summed E-state index contributed by atoms with van der Waals surface area (Å²) in [7, 11) is 0. The lowest BCUT2D eigenvalue weighted by atomic mass is 10.3. The first-order chi connectivity index (χ1) is 8.70. The molecule has 0 spiro atoms. The van der Waals surface area contributed by atoms with Crippen molar-refractivity contribution in [2.75, 3.05) is 6.54 Å². The Bertz CT molecular complexity index is 553. The van der Waals surface area contributed by atoms with Crippen molar-refractivity contribution in [3.63, 3.8) is 0 Å². The van der Waals surface area contributed by atoms with Gasteiger partial charge in [0.1, 0.15) is 0 Å². The molecule has 0 aliphatic heterocycles. The molecule has 0 fully saturated rings. The van der Waals surface area contributed by atoms with Crippen LogP contribution in [0.3, 0.4) is 0 Å². The molecule has 1 N–H and O–H groups in total. The standard InChI is InChI=1S/C12H13ClN4O/c1-2-6-14-12(18)11-8-17(16-15-11)10-5-3-4-9(13)7-10/h3-5,7-8H,2,6H2,1H3,(H,14,18). The normalized spacial score (nSPS) is 10.3. The molecule has 0 radical (unpaired) electrons. The van der Waals surface area contributed by atoms with Crippen LogP contribution in [0.1, 0.15) is 23.8 Å². The second kappa shape index (κ2) is 5.64. The number of nitrogens with one attached hydrogen (secondary N) is 1. The highest BCUT2D eigenvalue weighted by Gasteiger charge is 2.10. The van der Waals surface area contributed by atoms with Crippen molar-refractivity contribution in [1.29, 1.82) is 0 Å². The Balaban J connectivity index is 2.17. The van der Waals surface area contributed by atoms with Crippen LogP contribution in [-0.2, 0) is 0 Å². The number of rotatable bonds is 4. The van der Waals surface area contributed by atoms with Crippen LogP contribution in [0, 0.1) is 0 Å². The van der Waals surface area contributed by atoms with Gasteiger partial charge in [-0.2, -0.15) is 0 Å². The summed E-state index contributed by atoms with van der Waals surface area (Å²) in [5.41, 5.74) is 1.06. The molecule has 0 unspecified atom stereocenters. The van der Waals surface area contributed by atoms with Crippen LogP contribution in [0.4, 0.5) is 0 Å². The highest BCUT2D eigenvalue weighted by Crippen LogP contribution is 2.13. The van der Waals surface area contributed by atoms with Crippen LogP contribution in [0.25, 0.3) is 5.69 Å². The molecule has 5 nitrogen and oxygen atoms in total. The van der Waals surface area contributed by atoms with Crippen LogP contribution < -0.4 is 5.32 Å². The van der Waals surface area contributed by atoms with Gasteiger partial charge in [-0.3, -0.25) is 4.79 Å². The molecule has 1 amide bonds. The molecule has 6 heteroatoms. The molecule has 0 saturated heterocycles. The van der Waals surface area contributed by atoms with Crippen LogP contribution in [0.2, 0.25) is 5.02 Å². The Morgan fingerprint density at radius 2 is 2.33 bits per heavy atom. The number of benzene rings is 1. The number of carbonyl (C=O) groups excluding carboxylic acids is 1. The number of aromatic nitrogens is 3. The summed E-state index contributed by atoms with van der Waals surface area (Å²) in [4.78, 5) is 11.7. The molecule has 0 atom stereocenters. The van der Waals surface area contributed by atoms with E-state index in [9.17, 15) is 4.79 Å². The van der Waals surface area contributed by atoms with Crippen LogP contribution in [0.5, 0.6) is 0 Å². The second-order valence-electron chi connectivity index (χ2n) is 3.78. The fourth-order valence-corrected chi connectivity index (χ4v) is 1.63. The Hall–Kier alpha value is -1.88. The van der Waals surface area contributed by atoms with E-state index in [0.29, 0.717) is 17.3 Å². The average molecular weight is 265 g/mol. The van der Waals surface area contributed by atoms with Gasteiger partial charge in [-0.05, 0) is 24.6 Å². The number of hydrogen-bond donors (Lipinski definition) is 1. The fourth-order valence-electron chi connectivity index (χ4n) is 1.44.